The van der Waals surface area contributed by atoms with Crippen LogP contribution in [0.2, 0.25) is 0 Å². The van der Waals surface area contributed by atoms with E-state index in [2.05, 4.69) is 33.7 Å². The fourth-order valence-electron chi connectivity index (χ4n) is 3.35. The molecule has 100 valence electrons. The minimum absolute atomic E-state index is 0.533. The molecule has 0 radical (unpaired) electrons. The third-order valence-electron chi connectivity index (χ3n) is 4.39. The molecule has 2 heterocycles. The van der Waals surface area contributed by atoms with Crippen LogP contribution in [0.4, 0.5) is 0 Å². The molecular weight excluding hydrogens is 224 g/mol. The number of rotatable bonds is 2. The first-order valence-corrected chi connectivity index (χ1v) is 7.32. The van der Waals surface area contributed by atoms with Gasteiger partial charge in [-0.3, -0.25) is 4.68 Å². The first-order chi connectivity index (χ1) is 8.84. The van der Waals surface area contributed by atoms with Crippen LogP contribution in [0.1, 0.15) is 49.4 Å². The predicted molar refractivity (Wildman–Crippen MR) is 72.5 cm³/mol. The van der Waals surface area contributed by atoms with Crippen molar-refractivity contribution < 1.29 is 0 Å². The molecule has 0 aromatic carbocycles. The van der Waals surface area contributed by atoms with Gasteiger partial charge in [-0.15, -0.1) is 0 Å². The molecule has 0 saturated carbocycles. The number of aromatic nitrogens is 2. The summed E-state index contributed by atoms with van der Waals surface area (Å²) in [7, 11) is 2.07. The lowest BCUT2D eigenvalue weighted by molar-refractivity contribution is 0.370. The fraction of sp³-hybridized carbons (Fsp3) is 0.786. The first-order valence-electron chi connectivity index (χ1n) is 7.32. The van der Waals surface area contributed by atoms with Gasteiger partial charge in [-0.05, 0) is 51.6 Å². The lowest BCUT2D eigenvalue weighted by atomic mass is 9.92. The molecule has 18 heavy (non-hydrogen) atoms. The molecule has 1 aromatic rings. The van der Waals surface area contributed by atoms with Gasteiger partial charge in [0.15, 0.2) is 0 Å². The third kappa shape index (κ3) is 2.45. The molecule has 2 aliphatic rings. The van der Waals surface area contributed by atoms with Gasteiger partial charge in [0.25, 0.3) is 0 Å². The van der Waals surface area contributed by atoms with Gasteiger partial charge in [-0.25, -0.2) is 0 Å². The van der Waals surface area contributed by atoms with E-state index in [4.69, 9.17) is 0 Å². The number of fused-ring (bicyclic) bond motifs is 1. The summed E-state index contributed by atoms with van der Waals surface area (Å²) >= 11 is 0. The molecule has 1 aromatic heterocycles. The van der Waals surface area contributed by atoms with Gasteiger partial charge in [0, 0.05) is 30.4 Å². The van der Waals surface area contributed by atoms with Crippen molar-refractivity contribution in [2.75, 3.05) is 13.1 Å². The quantitative estimate of drug-likeness (QED) is 0.834. The SMILES string of the molecule is Cn1ncc2c1CCCC2NC1CCCNCC1. The summed E-state index contributed by atoms with van der Waals surface area (Å²) in [4.78, 5) is 0. The summed E-state index contributed by atoms with van der Waals surface area (Å²) in [5, 5.41) is 11.8. The van der Waals surface area contributed by atoms with E-state index in [-0.39, 0.29) is 0 Å². The molecule has 0 spiro atoms. The van der Waals surface area contributed by atoms with Crippen LogP contribution in [0.3, 0.4) is 0 Å². The first kappa shape index (κ1) is 12.2. The highest BCUT2D eigenvalue weighted by Gasteiger charge is 2.25. The maximum absolute atomic E-state index is 4.42. The number of nitrogens with one attached hydrogen (secondary N) is 2. The van der Waals surface area contributed by atoms with Crippen LogP contribution in [0, 0.1) is 0 Å². The minimum Gasteiger partial charge on any atom is -0.317 e. The zero-order valence-corrected chi connectivity index (χ0v) is 11.3. The van der Waals surface area contributed by atoms with Crippen LogP contribution >= 0.6 is 0 Å². The Morgan fingerprint density at radius 3 is 3.17 bits per heavy atom. The molecule has 4 heteroatoms. The lowest BCUT2D eigenvalue weighted by Gasteiger charge is -2.28. The van der Waals surface area contributed by atoms with Crippen LogP contribution in [0.25, 0.3) is 0 Å². The molecule has 4 nitrogen and oxygen atoms in total. The highest BCUT2D eigenvalue weighted by molar-refractivity contribution is 5.24. The van der Waals surface area contributed by atoms with Gasteiger partial charge in [-0.1, -0.05) is 0 Å². The van der Waals surface area contributed by atoms with Crippen LogP contribution in [-0.4, -0.2) is 28.9 Å². The standard InChI is InChI=1S/C14H24N4/c1-18-14-6-2-5-13(12(14)10-16-18)17-11-4-3-8-15-9-7-11/h10-11,13,15,17H,2-9H2,1H3. The van der Waals surface area contributed by atoms with Gasteiger partial charge in [0.2, 0.25) is 0 Å². The molecule has 0 amide bonds. The van der Waals surface area contributed by atoms with E-state index in [9.17, 15) is 0 Å². The lowest BCUT2D eigenvalue weighted by Crippen LogP contribution is -2.35. The molecule has 1 aliphatic carbocycles. The van der Waals surface area contributed by atoms with E-state index in [0.29, 0.717) is 12.1 Å². The van der Waals surface area contributed by atoms with Crippen molar-refractivity contribution in [3.63, 3.8) is 0 Å². The van der Waals surface area contributed by atoms with Gasteiger partial charge in [0.1, 0.15) is 0 Å². The van der Waals surface area contributed by atoms with Crippen LogP contribution in [0.15, 0.2) is 6.20 Å². The van der Waals surface area contributed by atoms with Gasteiger partial charge in [0.05, 0.1) is 6.20 Å². The zero-order chi connectivity index (χ0) is 12.4. The molecular formula is C14H24N4. The van der Waals surface area contributed by atoms with Crippen molar-refractivity contribution in [3.8, 4) is 0 Å². The van der Waals surface area contributed by atoms with E-state index in [0.717, 1.165) is 6.54 Å². The highest BCUT2D eigenvalue weighted by atomic mass is 15.3. The Kier molecular flexibility index (Phi) is 3.66. The Hall–Kier alpha value is -0.870. The monoisotopic (exact) mass is 248 g/mol. The van der Waals surface area contributed by atoms with E-state index in [1.54, 1.807) is 0 Å². The van der Waals surface area contributed by atoms with Gasteiger partial charge in [-0.2, -0.15) is 5.10 Å². The zero-order valence-electron chi connectivity index (χ0n) is 11.3. The number of hydrogen-bond donors (Lipinski definition) is 2. The van der Waals surface area contributed by atoms with E-state index < -0.39 is 0 Å². The maximum atomic E-state index is 4.42. The molecule has 2 N–H and O–H groups in total. The fourth-order valence-corrected chi connectivity index (χ4v) is 3.35. The summed E-state index contributed by atoms with van der Waals surface area (Å²) < 4.78 is 2.05. The topological polar surface area (TPSA) is 41.9 Å². The maximum Gasteiger partial charge on any atom is 0.0540 e. The van der Waals surface area contributed by atoms with Gasteiger partial charge < -0.3 is 10.6 Å². The van der Waals surface area contributed by atoms with E-state index in [1.807, 2.05) is 0 Å². The van der Waals surface area contributed by atoms with Crippen molar-refractivity contribution in [1.82, 2.24) is 20.4 Å². The molecule has 1 aliphatic heterocycles. The Labute approximate surface area is 109 Å². The number of nitrogens with zero attached hydrogens (tertiary/aromatic N) is 2. The number of hydrogen-bond acceptors (Lipinski definition) is 3. The van der Waals surface area contributed by atoms with Crippen molar-refractivity contribution in [1.29, 1.82) is 0 Å². The summed E-state index contributed by atoms with van der Waals surface area (Å²) in [5.41, 5.74) is 2.88. The Morgan fingerprint density at radius 2 is 2.22 bits per heavy atom. The third-order valence-corrected chi connectivity index (χ3v) is 4.39. The Morgan fingerprint density at radius 1 is 1.28 bits per heavy atom. The molecule has 1 saturated heterocycles. The summed E-state index contributed by atoms with van der Waals surface area (Å²) in [5.74, 6) is 0. The Balaban J connectivity index is 1.69. The highest BCUT2D eigenvalue weighted by Crippen LogP contribution is 2.30. The van der Waals surface area contributed by atoms with Crippen molar-refractivity contribution >= 4 is 0 Å². The molecule has 1 fully saturated rings. The second-order valence-electron chi connectivity index (χ2n) is 5.66. The van der Waals surface area contributed by atoms with Gasteiger partial charge >= 0.3 is 0 Å². The average molecular weight is 248 g/mol. The average Bonchev–Trinajstić information content (AvgIpc) is 2.62. The summed E-state index contributed by atoms with van der Waals surface area (Å²) in [6, 6.07) is 1.21. The largest absolute Gasteiger partial charge is 0.317 e. The van der Waals surface area contributed by atoms with E-state index >= 15 is 0 Å². The van der Waals surface area contributed by atoms with Crippen molar-refractivity contribution in [2.45, 2.75) is 50.6 Å². The normalized spacial score (nSPS) is 28.7. The summed E-state index contributed by atoms with van der Waals surface area (Å²) in [6.07, 6.45) is 9.67. The van der Waals surface area contributed by atoms with Crippen LogP contribution in [-0.2, 0) is 13.5 Å². The molecule has 2 unspecified atom stereocenters. The number of aryl methyl sites for hydroxylation is 1. The van der Waals surface area contributed by atoms with Crippen molar-refractivity contribution in [3.05, 3.63) is 17.5 Å². The van der Waals surface area contributed by atoms with Crippen LogP contribution in [0.5, 0.6) is 0 Å². The van der Waals surface area contributed by atoms with Crippen LogP contribution < -0.4 is 10.6 Å². The minimum atomic E-state index is 0.533. The summed E-state index contributed by atoms with van der Waals surface area (Å²) in [6.45, 7) is 2.34. The second kappa shape index (κ2) is 5.41. The van der Waals surface area contributed by atoms with E-state index in [1.165, 1.54) is 56.3 Å². The Bertz CT molecular complexity index is 390. The van der Waals surface area contributed by atoms with Crippen molar-refractivity contribution in [2.24, 2.45) is 7.05 Å². The second-order valence-corrected chi connectivity index (χ2v) is 5.66. The smallest absolute Gasteiger partial charge is 0.0540 e. The predicted octanol–water partition coefficient (Wildman–Crippen LogP) is 1.53. The molecule has 2 atom stereocenters. The molecule has 0 bridgehead atoms. The molecule has 3 rings (SSSR count).